The van der Waals surface area contributed by atoms with Crippen molar-refractivity contribution < 1.29 is 28.2 Å². The number of aryl methyl sites for hydroxylation is 1. The second-order valence-corrected chi connectivity index (χ2v) is 12.1. The Morgan fingerprint density at radius 2 is 1.73 bits per heavy atom. The topological polar surface area (TPSA) is 150 Å². The summed E-state index contributed by atoms with van der Waals surface area (Å²) in [6.45, 7) is 4.60. The summed E-state index contributed by atoms with van der Waals surface area (Å²) in [5.74, 6) is -1.54. The molecule has 0 spiro atoms. The maximum Gasteiger partial charge on any atom is 0.322 e. The quantitative estimate of drug-likeness (QED) is 0.162. The number of carboxylic acids is 1. The number of nitrogens with one attached hydrogen (secondary N) is 3. The third kappa shape index (κ3) is 7.94. The number of nitrogens with zero attached hydrogens (tertiary/aromatic N) is 1. The highest BCUT2D eigenvalue weighted by Gasteiger charge is 2.21. The standard InChI is InChI=1S/C30H34N4O6S/c1-30(2,14-16-34-15-13-21-17-23(11-12-26(21)34)29(38)31-20-28(36)37)32-19-27(35)22-7-6-8-24(18-22)33-41(39,40)25-9-4-3-5-10-25/h3-13,15,17-18,27,32-33,35H,14,16,19-20H2,1-2H3,(H,31,38)(H,36,37)/t27-/m1/s1. The van der Waals surface area contributed by atoms with E-state index in [1.54, 1.807) is 54.6 Å². The number of rotatable bonds is 13. The van der Waals surface area contributed by atoms with Gasteiger partial charge in [0.25, 0.3) is 15.9 Å². The first-order valence-electron chi connectivity index (χ1n) is 13.1. The number of amides is 1. The maximum atomic E-state index is 12.7. The lowest BCUT2D eigenvalue weighted by Gasteiger charge is -2.28. The molecule has 0 aliphatic heterocycles. The number of carbonyl (C=O) groups excluding carboxylic acids is 1. The molecule has 0 fully saturated rings. The van der Waals surface area contributed by atoms with Crippen LogP contribution in [0.15, 0.2) is 90.0 Å². The highest BCUT2D eigenvalue weighted by Crippen LogP contribution is 2.23. The number of aliphatic carboxylic acids is 1. The van der Waals surface area contributed by atoms with Crippen molar-refractivity contribution in [3.05, 3.63) is 96.2 Å². The molecular formula is C30H34N4O6S. The van der Waals surface area contributed by atoms with Gasteiger partial charge >= 0.3 is 5.97 Å². The summed E-state index contributed by atoms with van der Waals surface area (Å²) in [6.07, 6.45) is 1.83. The number of anilines is 1. The first kappa shape index (κ1) is 29.8. The smallest absolute Gasteiger partial charge is 0.322 e. The molecule has 0 saturated heterocycles. The zero-order chi connectivity index (χ0) is 29.6. The van der Waals surface area contributed by atoms with Crippen molar-refractivity contribution in [2.75, 3.05) is 17.8 Å². The molecule has 41 heavy (non-hydrogen) atoms. The van der Waals surface area contributed by atoms with Crippen molar-refractivity contribution in [3.8, 4) is 0 Å². The number of fused-ring (bicyclic) bond motifs is 1. The van der Waals surface area contributed by atoms with Crippen LogP contribution < -0.4 is 15.4 Å². The van der Waals surface area contributed by atoms with Crippen molar-refractivity contribution in [1.29, 1.82) is 0 Å². The molecule has 1 heterocycles. The maximum absolute atomic E-state index is 12.7. The monoisotopic (exact) mass is 578 g/mol. The van der Waals surface area contributed by atoms with E-state index in [0.717, 1.165) is 17.3 Å². The summed E-state index contributed by atoms with van der Waals surface area (Å²) >= 11 is 0. The number of carboxylic acid groups (broad SMARTS) is 1. The lowest BCUT2D eigenvalue weighted by Crippen LogP contribution is -2.42. The Morgan fingerprint density at radius 3 is 2.46 bits per heavy atom. The first-order chi connectivity index (χ1) is 19.4. The zero-order valence-electron chi connectivity index (χ0n) is 22.9. The van der Waals surface area contributed by atoms with Crippen LogP contribution in [0.3, 0.4) is 0 Å². The highest BCUT2D eigenvalue weighted by atomic mass is 32.2. The van der Waals surface area contributed by atoms with E-state index >= 15 is 0 Å². The molecule has 1 aromatic heterocycles. The third-order valence-corrected chi connectivity index (χ3v) is 8.16. The van der Waals surface area contributed by atoms with Gasteiger partial charge < -0.3 is 25.4 Å². The van der Waals surface area contributed by atoms with Crippen molar-refractivity contribution in [2.45, 2.75) is 43.4 Å². The van der Waals surface area contributed by atoms with Gasteiger partial charge in [0, 0.05) is 47.0 Å². The van der Waals surface area contributed by atoms with Gasteiger partial charge in [0.1, 0.15) is 6.54 Å². The molecule has 1 amide bonds. The Hall–Kier alpha value is -4.19. The number of carbonyl (C=O) groups is 2. The molecule has 0 bridgehead atoms. The first-order valence-corrected chi connectivity index (χ1v) is 14.6. The molecule has 0 saturated carbocycles. The van der Waals surface area contributed by atoms with E-state index in [1.165, 1.54) is 12.1 Å². The summed E-state index contributed by atoms with van der Waals surface area (Å²) in [5.41, 5.74) is 1.96. The van der Waals surface area contributed by atoms with Gasteiger partial charge in [0.05, 0.1) is 11.0 Å². The fourth-order valence-corrected chi connectivity index (χ4v) is 5.47. The summed E-state index contributed by atoms with van der Waals surface area (Å²) in [7, 11) is -3.74. The van der Waals surface area contributed by atoms with Gasteiger partial charge in [-0.2, -0.15) is 0 Å². The minimum Gasteiger partial charge on any atom is -0.480 e. The summed E-state index contributed by atoms with van der Waals surface area (Å²) in [4.78, 5) is 23.0. The number of aliphatic hydroxyl groups excluding tert-OH is 1. The largest absolute Gasteiger partial charge is 0.480 e. The normalized spacial score (nSPS) is 12.7. The highest BCUT2D eigenvalue weighted by molar-refractivity contribution is 7.92. The number of sulfonamides is 1. The number of benzene rings is 3. The fraction of sp³-hybridized carbons (Fsp3) is 0.267. The molecule has 1 atom stereocenters. The molecular weight excluding hydrogens is 544 g/mol. The second-order valence-electron chi connectivity index (χ2n) is 10.4. The van der Waals surface area contributed by atoms with Crippen molar-refractivity contribution in [2.24, 2.45) is 0 Å². The lowest BCUT2D eigenvalue weighted by atomic mass is 9.99. The van der Waals surface area contributed by atoms with Crippen LogP contribution >= 0.6 is 0 Å². The number of aromatic nitrogens is 1. The minimum absolute atomic E-state index is 0.159. The van der Waals surface area contributed by atoms with Crippen LogP contribution in [0.5, 0.6) is 0 Å². The molecule has 3 aromatic carbocycles. The van der Waals surface area contributed by atoms with Crippen LogP contribution in [0.2, 0.25) is 0 Å². The minimum atomic E-state index is -3.74. The van der Waals surface area contributed by atoms with Gasteiger partial charge in [-0.05, 0) is 74.4 Å². The van der Waals surface area contributed by atoms with Crippen LogP contribution in [0.1, 0.15) is 42.3 Å². The number of hydrogen-bond donors (Lipinski definition) is 5. The van der Waals surface area contributed by atoms with Crippen LogP contribution in [0.25, 0.3) is 10.9 Å². The van der Waals surface area contributed by atoms with Crippen molar-refractivity contribution in [1.82, 2.24) is 15.2 Å². The van der Waals surface area contributed by atoms with Crippen LogP contribution in [-0.2, 0) is 21.4 Å². The predicted molar refractivity (Wildman–Crippen MR) is 157 cm³/mol. The predicted octanol–water partition coefficient (Wildman–Crippen LogP) is 3.75. The molecule has 0 aliphatic carbocycles. The Kier molecular flexibility index (Phi) is 9.11. The van der Waals surface area contributed by atoms with Gasteiger partial charge in [-0.3, -0.25) is 14.3 Å². The molecule has 5 N–H and O–H groups in total. The third-order valence-electron chi connectivity index (χ3n) is 6.76. The molecule has 0 unspecified atom stereocenters. The SMILES string of the molecule is CC(C)(CCn1ccc2cc(C(=O)NCC(=O)O)ccc21)NC[C@@H](O)c1cccc(NS(=O)(=O)c2ccccc2)c1. The van der Waals surface area contributed by atoms with E-state index in [4.69, 9.17) is 5.11 Å². The Morgan fingerprint density at radius 1 is 0.976 bits per heavy atom. The van der Waals surface area contributed by atoms with Gasteiger partial charge in [0.2, 0.25) is 0 Å². The molecule has 216 valence electrons. The van der Waals surface area contributed by atoms with Gasteiger partial charge in [0.15, 0.2) is 0 Å². The average molecular weight is 579 g/mol. The van der Waals surface area contributed by atoms with Crippen LogP contribution in [0, 0.1) is 0 Å². The van der Waals surface area contributed by atoms with E-state index in [1.807, 2.05) is 32.2 Å². The molecule has 0 aliphatic rings. The van der Waals surface area contributed by atoms with Crippen molar-refractivity contribution in [3.63, 3.8) is 0 Å². The summed E-state index contributed by atoms with van der Waals surface area (Å²) in [5, 5.41) is 26.2. The van der Waals surface area contributed by atoms with Gasteiger partial charge in [-0.25, -0.2) is 8.42 Å². The number of β-amino-alcohol motifs (C(OH)–C–C–N with tert-alkyl or cyclic N) is 1. The summed E-state index contributed by atoms with van der Waals surface area (Å²) < 4.78 is 30.0. The van der Waals surface area contributed by atoms with Crippen LogP contribution in [0.4, 0.5) is 5.69 Å². The molecule has 0 radical (unpaired) electrons. The lowest BCUT2D eigenvalue weighted by molar-refractivity contribution is -0.135. The van der Waals surface area contributed by atoms with E-state index in [0.29, 0.717) is 23.4 Å². The molecule has 4 rings (SSSR count). The number of aliphatic hydroxyl groups is 1. The Bertz CT molecular complexity index is 1630. The van der Waals surface area contributed by atoms with Gasteiger partial charge in [-0.1, -0.05) is 30.3 Å². The molecule has 10 nitrogen and oxygen atoms in total. The second kappa shape index (κ2) is 12.5. The van der Waals surface area contributed by atoms with E-state index < -0.39 is 34.5 Å². The Labute approximate surface area is 239 Å². The van der Waals surface area contributed by atoms with E-state index in [2.05, 4.69) is 19.9 Å². The van der Waals surface area contributed by atoms with E-state index in [9.17, 15) is 23.1 Å². The van der Waals surface area contributed by atoms with Crippen LogP contribution in [-0.4, -0.2) is 53.7 Å². The Balaban J connectivity index is 1.33. The van der Waals surface area contributed by atoms with Crippen molar-refractivity contribution >= 4 is 38.5 Å². The fourth-order valence-electron chi connectivity index (χ4n) is 4.40. The molecule has 4 aromatic rings. The average Bonchev–Trinajstić information content (AvgIpc) is 3.36. The molecule has 11 heteroatoms. The van der Waals surface area contributed by atoms with E-state index in [-0.39, 0.29) is 17.0 Å². The number of hydrogen-bond acceptors (Lipinski definition) is 6. The van der Waals surface area contributed by atoms with Gasteiger partial charge in [-0.15, -0.1) is 0 Å². The zero-order valence-corrected chi connectivity index (χ0v) is 23.7. The summed E-state index contributed by atoms with van der Waals surface area (Å²) in [6, 6.07) is 22.0.